The number of hydrogen-bond donors (Lipinski definition) is 1. The number of ether oxygens (including phenoxy) is 1. The molecule has 16 heavy (non-hydrogen) atoms. The fourth-order valence-electron chi connectivity index (χ4n) is 1.12. The maximum absolute atomic E-state index is 13.5. The van der Waals surface area contributed by atoms with E-state index < -0.39 is 18.2 Å². The molecule has 1 aromatic heterocycles. The first-order valence-electron chi connectivity index (χ1n) is 4.74. The van der Waals surface area contributed by atoms with E-state index in [0.29, 0.717) is 10.2 Å². The maximum Gasteiger partial charge on any atom is 0.342 e. The number of carbonyl (C=O) groups excluding carboxylic acids is 1. The Kier molecular flexibility index (Phi) is 4.82. The molecule has 0 amide bonds. The van der Waals surface area contributed by atoms with E-state index >= 15 is 0 Å². The van der Waals surface area contributed by atoms with Gasteiger partial charge in [-0.1, -0.05) is 6.07 Å². The molecule has 1 heterocycles. The van der Waals surface area contributed by atoms with Gasteiger partial charge in [0.2, 0.25) is 6.17 Å². The highest BCUT2D eigenvalue weighted by Crippen LogP contribution is 2.18. The van der Waals surface area contributed by atoms with Crippen molar-refractivity contribution in [1.82, 2.24) is 4.98 Å². The summed E-state index contributed by atoms with van der Waals surface area (Å²) < 4.78 is 18.7. The van der Waals surface area contributed by atoms with Crippen LogP contribution in [0.15, 0.2) is 22.9 Å². The van der Waals surface area contributed by atoms with Crippen molar-refractivity contribution in [3.05, 3.63) is 28.5 Å². The molecule has 0 radical (unpaired) electrons. The molecule has 0 fully saturated rings. The predicted octanol–water partition coefficient (Wildman–Crippen LogP) is 1.75. The molecule has 0 bridgehead atoms. The second kappa shape index (κ2) is 5.91. The lowest BCUT2D eigenvalue weighted by Gasteiger charge is -2.15. The van der Waals surface area contributed by atoms with Gasteiger partial charge in [-0.25, -0.2) is 14.2 Å². The van der Waals surface area contributed by atoms with Crippen molar-refractivity contribution in [2.24, 2.45) is 5.73 Å². The third-order valence-electron chi connectivity index (χ3n) is 1.96. The summed E-state index contributed by atoms with van der Waals surface area (Å²) in [5, 5.41) is 0. The van der Waals surface area contributed by atoms with Gasteiger partial charge in [0, 0.05) is 6.20 Å². The standard InChI is InChI=1S/C10H12BrFN2O2/c1-2-16-10(15)8(12)9(13)6-3-4-7(11)14-5-6/h3-5,8-9H,2,13H2,1H3/t8?,9-/m1/s1. The average molecular weight is 291 g/mol. The van der Waals surface area contributed by atoms with Crippen molar-refractivity contribution in [3.8, 4) is 0 Å². The number of nitrogens with zero attached hydrogens (tertiary/aromatic N) is 1. The summed E-state index contributed by atoms with van der Waals surface area (Å²) in [5.41, 5.74) is 6.04. The summed E-state index contributed by atoms with van der Waals surface area (Å²) in [4.78, 5) is 15.0. The number of esters is 1. The van der Waals surface area contributed by atoms with E-state index in [-0.39, 0.29) is 6.61 Å². The number of rotatable bonds is 4. The Bertz CT molecular complexity index is 358. The Hall–Kier alpha value is -1.01. The van der Waals surface area contributed by atoms with Crippen molar-refractivity contribution in [1.29, 1.82) is 0 Å². The monoisotopic (exact) mass is 290 g/mol. The first-order valence-corrected chi connectivity index (χ1v) is 5.53. The first-order chi connectivity index (χ1) is 7.56. The molecule has 0 aliphatic carbocycles. The van der Waals surface area contributed by atoms with Crippen LogP contribution in [0.2, 0.25) is 0 Å². The summed E-state index contributed by atoms with van der Waals surface area (Å²) in [6.45, 7) is 1.74. The molecule has 2 atom stereocenters. The van der Waals surface area contributed by atoms with E-state index in [1.165, 1.54) is 6.20 Å². The van der Waals surface area contributed by atoms with Crippen LogP contribution in [0, 0.1) is 0 Å². The number of alkyl halides is 1. The van der Waals surface area contributed by atoms with Crippen LogP contribution in [0.25, 0.3) is 0 Å². The number of aromatic nitrogens is 1. The normalized spacial score (nSPS) is 14.2. The smallest absolute Gasteiger partial charge is 0.342 e. The fourth-order valence-corrected chi connectivity index (χ4v) is 1.36. The van der Waals surface area contributed by atoms with Gasteiger partial charge in [0.25, 0.3) is 0 Å². The van der Waals surface area contributed by atoms with Crippen molar-refractivity contribution < 1.29 is 13.9 Å². The van der Waals surface area contributed by atoms with Gasteiger partial charge < -0.3 is 10.5 Å². The molecule has 1 aromatic rings. The molecule has 0 aliphatic heterocycles. The SMILES string of the molecule is CCOC(=O)C(F)[C@H](N)c1ccc(Br)nc1. The lowest BCUT2D eigenvalue weighted by molar-refractivity contribution is -0.149. The van der Waals surface area contributed by atoms with E-state index in [9.17, 15) is 9.18 Å². The van der Waals surface area contributed by atoms with Crippen LogP contribution in [0.4, 0.5) is 4.39 Å². The van der Waals surface area contributed by atoms with Crippen LogP contribution < -0.4 is 5.73 Å². The Balaban J connectivity index is 2.73. The van der Waals surface area contributed by atoms with Crippen molar-refractivity contribution in [3.63, 3.8) is 0 Å². The highest BCUT2D eigenvalue weighted by Gasteiger charge is 2.27. The summed E-state index contributed by atoms with van der Waals surface area (Å²) in [6.07, 6.45) is -0.455. The summed E-state index contributed by atoms with van der Waals surface area (Å²) in [6, 6.07) is 2.18. The van der Waals surface area contributed by atoms with Crippen LogP contribution in [-0.2, 0) is 9.53 Å². The Morgan fingerprint density at radius 3 is 2.88 bits per heavy atom. The average Bonchev–Trinajstić information content (AvgIpc) is 2.28. The van der Waals surface area contributed by atoms with E-state index in [4.69, 9.17) is 5.73 Å². The van der Waals surface area contributed by atoms with E-state index in [1.807, 2.05) is 0 Å². The molecule has 1 unspecified atom stereocenters. The van der Waals surface area contributed by atoms with Crippen molar-refractivity contribution >= 4 is 21.9 Å². The Morgan fingerprint density at radius 2 is 2.38 bits per heavy atom. The molecule has 0 saturated carbocycles. The summed E-state index contributed by atoms with van der Waals surface area (Å²) in [5.74, 6) is -0.946. The van der Waals surface area contributed by atoms with Gasteiger partial charge in [-0.05, 0) is 34.5 Å². The van der Waals surface area contributed by atoms with Crippen LogP contribution in [0.3, 0.4) is 0 Å². The number of pyridine rings is 1. The third-order valence-corrected chi connectivity index (χ3v) is 2.43. The van der Waals surface area contributed by atoms with Crippen LogP contribution in [0.5, 0.6) is 0 Å². The van der Waals surface area contributed by atoms with E-state index in [1.54, 1.807) is 19.1 Å². The van der Waals surface area contributed by atoms with Gasteiger partial charge >= 0.3 is 5.97 Å². The molecule has 6 heteroatoms. The minimum absolute atomic E-state index is 0.130. The quantitative estimate of drug-likeness (QED) is 0.678. The van der Waals surface area contributed by atoms with Crippen LogP contribution in [-0.4, -0.2) is 23.7 Å². The number of nitrogens with two attached hydrogens (primary N) is 1. The molecule has 0 saturated heterocycles. The molecule has 0 aromatic carbocycles. The Labute approximate surface area is 101 Å². The summed E-state index contributed by atoms with van der Waals surface area (Å²) in [7, 11) is 0. The largest absolute Gasteiger partial charge is 0.464 e. The van der Waals surface area contributed by atoms with E-state index in [0.717, 1.165) is 0 Å². The topological polar surface area (TPSA) is 65.2 Å². The molecule has 1 rings (SSSR count). The highest BCUT2D eigenvalue weighted by atomic mass is 79.9. The summed E-state index contributed by atoms with van der Waals surface area (Å²) >= 11 is 3.15. The maximum atomic E-state index is 13.5. The van der Waals surface area contributed by atoms with Crippen molar-refractivity contribution in [2.45, 2.75) is 19.1 Å². The van der Waals surface area contributed by atoms with Crippen LogP contribution >= 0.6 is 15.9 Å². The van der Waals surface area contributed by atoms with Gasteiger partial charge in [-0.3, -0.25) is 0 Å². The molecule has 88 valence electrons. The lowest BCUT2D eigenvalue weighted by atomic mass is 10.1. The van der Waals surface area contributed by atoms with Crippen LogP contribution in [0.1, 0.15) is 18.5 Å². The van der Waals surface area contributed by atoms with Gasteiger partial charge in [-0.2, -0.15) is 0 Å². The fraction of sp³-hybridized carbons (Fsp3) is 0.400. The Morgan fingerprint density at radius 1 is 1.69 bits per heavy atom. The number of halogens is 2. The van der Waals surface area contributed by atoms with Gasteiger partial charge in [0.15, 0.2) is 0 Å². The second-order valence-electron chi connectivity index (χ2n) is 3.09. The predicted molar refractivity (Wildman–Crippen MR) is 60.4 cm³/mol. The van der Waals surface area contributed by atoms with E-state index in [2.05, 4.69) is 25.7 Å². The third kappa shape index (κ3) is 3.24. The zero-order valence-corrected chi connectivity index (χ0v) is 10.3. The molecule has 4 nitrogen and oxygen atoms in total. The first kappa shape index (κ1) is 13.1. The van der Waals surface area contributed by atoms with Crippen molar-refractivity contribution in [2.75, 3.05) is 6.61 Å². The molecular formula is C10H12BrFN2O2. The second-order valence-corrected chi connectivity index (χ2v) is 3.91. The number of hydrogen-bond acceptors (Lipinski definition) is 4. The minimum Gasteiger partial charge on any atom is -0.464 e. The van der Waals surface area contributed by atoms with Gasteiger partial charge in [-0.15, -0.1) is 0 Å². The molecule has 0 spiro atoms. The molecule has 2 N–H and O–H groups in total. The minimum atomic E-state index is -1.87. The zero-order valence-electron chi connectivity index (χ0n) is 8.69. The van der Waals surface area contributed by atoms with Gasteiger partial charge in [0.05, 0.1) is 12.6 Å². The molecule has 0 aliphatic rings. The van der Waals surface area contributed by atoms with Gasteiger partial charge in [0.1, 0.15) is 4.60 Å². The lowest BCUT2D eigenvalue weighted by Crippen LogP contribution is -2.31. The molecular weight excluding hydrogens is 279 g/mol. The number of carbonyl (C=O) groups is 1. The highest BCUT2D eigenvalue weighted by molar-refractivity contribution is 9.10. The zero-order chi connectivity index (χ0) is 12.1.